The summed E-state index contributed by atoms with van der Waals surface area (Å²) in [6.45, 7) is 0. The van der Waals surface area contributed by atoms with Gasteiger partial charge in [-0.15, -0.1) is 0 Å². The van der Waals surface area contributed by atoms with Crippen LogP contribution in [-0.2, 0) is 4.79 Å². The van der Waals surface area contributed by atoms with E-state index < -0.39 is 11.8 Å². The van der Waals surface area contributed by atoms with Gasteiger partial charge in [-0.25, -0.2) is 5.43 Å². The number of amides is 2. The number of phenolic OH excluding ortho intramolecular Hbond substituents is 2. The van der Waals surface area contributed by atoms with E-state index in [0.29, 0.717) is 22.4 Å². The van der Waals surface area contributed by atoms with Gasteiger partial charge in [0.1, 0.15) is 11.4 Å². The molecule has 0 fully saturated rings. The highest BCUT2D eigenvalue weighted by atomic mass is 16.5. The van der Waals surface area contributed by atoms with Crippen molar-refractivity contribution in [2.45, 2.75) is 0 Å². The van der Waals surface area contributed by atoms with Crippen LogP contribution in [0.4, 0.5) is 0 Å². The Kier molecular flexibility index (Phi) is 7.21. The largest absolute Gasteiger partial charge is 0.504 e. The summed E-state index contributed by atoms with van der Waals surface area (Å²) < 4.78 is 5.13. The number of hydrazone groups is 1. The molecule has 3 aromatic carbocycles. The zero-order chi connectivity index (χ0) is 22.9. The first-order valence-electron chi connectivity index (χ1n) is 9.54. The van der Waals surface area contributed by atoms with E-state index in [1.54, 1.807) is 61.7 Å². The number of rotatable bonds is 7. The smallest absolute Gasteiger partial charge is 0.287 e. The van der Waals surface area contributed by atoms with Crippen molar-refractivity contribution in [2.75, 3.05) is 7.11 Å². The fraction of sp³-hybridized carbons (Fsp3) is 0.0417. The first-order chi connectivity index (χ1) is 15.5. The van der Waals surface area contributed by atoms with Gasteiger partial charge in [0.15, 0.2) is 11.5 Å². The standard InChI is InChI=1S/C24H21N3O5/c1-32-19-10-7-16(8-11-19)13-20(26-23(30)18-5-3-2-4-6-18)24(31)27-25-15-17-9-12-21(28)22(29)14-17/h2-15,28-29H,1H3,(H,26,30)(H,27,31)/b20-13-,25-15+. The summed E-state index contributed by atoms with van der Waals surface area (Å²) in [5.41, 5.74) is 3.83. The SMILES string of the molecule is COc1ccc(/C=C(\NC(=O)c2ccccc2)C(=O)N/N=C/c2ccc(O)c(O)c2)cc1. The maximum Gasteiger partial charge on any atom is 0.287 e. The lowest BCUT2D eigenvalue weighted by Gasteiger charge is -2.09. The summed E-state index contributed by atoms with van der Waals surface area (Å²) in [4.78, 5) is 25.3. The van der Waals surface area contributed by atoms with Crippen molar-refractivity contribution in [3.63, 3.8) is 0 Å². The minimum absolute atomic E-state index is 0.0188. The van der Waals surface area contributed by atoms with Crippen molar-refractivity contribution < 1.29 is 24.5 Å². The molecule has 0 spiro atoms. The fourth-order valence-corrected chi connectivity index (χ4v) is 2.66. The second-order valence-electron chi connectivity index (χ2n) is 6.60. The molecule has 0 aliphatic carbocycles. The second-order valence-corrected chi connectivity index (χ2v) is 6.60. The van der Waals surface area contributed by atoms with Gasteiger partial charge < -0.3 is 20.3 Å². The van der Waals surface area contributed by atoms with Crippen molar-refractivity contribution in [1.82, 2.24) is 10.7 Å². The predicted molar refractivity (Wildman–Crippen MR) is 120 cm³/mol. The van der Waals surface area contributed by atoms with Gasteiger partial charge in [0, 0.05) is 5.56 Å². The molecule has 0 aliphatic rings. The highest BCUT2D eigenvalue weighted by Gasteiger charge is 2.14. The molecule has 4 N–H and O–H groups in total. The summed E-state index contributed by atoms with van der Waals surface area (Å²) in [5.74, 6) is -1.02. The molecule has 0 bridgehead atoms. The van der Waals surface area contributed by atoms with Crippen molar-refractivity contribution in [3.8, 4) is 17.2 Å². The third kappa shape index (κ3) is 5.96. The Labute approximate surface area is 184 Å². The highest BCUT2D eigenvalue weighted by molar-refractivity contribution is 6.05. The van der Waals surface area contributed by atoms with E-state index in [1.807, 2.05) is 0 Å². The average Bonchev–Trinajstić information content (AvgIpc) is 2.82. The molecule has 0 atom stereocenters. The van der Waals surface area contributed by atoms with Gasteiger partial charge in [0.25, 0.3) is 11.8 Å². The van der Waals surface area contributed by atoms with E-state index in [-0.39, 0.29) is 17.2 Å². The second kappa shape index (κ2) is 10.4. The molecule has 8 nitrogen and oxygen atoms in total. The monoisotopic (exact) mass is 431 g/mol. The Morgan fingerprint density at radius 2 is 1.59 bits per heavy atom. The first kappa shape index (κ1) is 22.1. The quantitative estimate of drug-likeness (QED) is 0.198. The molecule has 0 saturated carbocycles. The van der Waals surface area contributed by atoms with Crippen molar-refractivity contribution in [2.24, 2.45) is 5.10 Å². The third-order valence-electron chi connectivity index (χ3n) is 4.33. The van der Waals surface area contributed by atoms with E-state index in [1.165, 1.54) is 30.5 Å². The lowest BCUT2D eigenvalue weighted by Crippen LogP contribution is -2.32. The molecule has 3 aromatic rings. The maximum atomic E-state index is 12.7. The van der Waals surface area contributed by atoms with Gasteiger partial charge in [-0.3, -0.25) is 9.59 Å². The molecule has 2 amide bonds. The van der Waals surface area contributed by atoms with Crippen LogP contribution in [-0.4, -0.2) is 35.4 Å². The Morgan fingerprint density at radius 1 is 0.906 bits per heavy atom. The number of carbonyl (C=O) groups is 2. The van der Waals surface area contributed by atoms with Crippen molar-refractivity contribution >= 4 is 24.1 Å². The van der Waals surface area contributed by atoms with Crippen LogP contribution in [0.2, 0.25) is 0 Å². The number of nitrogens with one attached hydrogen (secondary N) is 2. The summed E-state index contributed by atoms with van der Waals surface area (Å²) >= 11 is 0. The van der Waals surface area contributed by atoms with Gasteiger partial charge in [-0.05, 0) is 59.7 Å². The summed E-state index contributed by atoms with van der Waals surface area (Å²) in [5, 5.41) is 25.4. The summed E-state index contributed by atoms with van der Waals surface area (Å²) in [7, 11) is 1.55. The van der Waals surface area contributed by atoms with Crippen LogP contribution in [0.3, 0.4) is 0 Å². The van der Waals surface area contributed by atoms with Gasteiger partial charge in [-0.2, -0.15) is 5.10 Å². The summed E-state index contributed by atoms with van der Waals surface area (Å²) in [6, 6.07) is 19.5. The number of hydrogen-bond donors (Lipinski definition) is 4. The summed E-state index contributed by atoms with van der Waals surface area (Å²) in [6.07, 6.45) is 2.80. The number of nitrogens with zero attached hydrogens (tertiary/aromatic N) is 1. The molecule has 0 aromatic heterocycles. The minimum Gasteiger partial charge on any atom is -0.504 e. The van der Waals surface area contributed by atoms with E-state index in [0.717, 1.165) is 0 Å². The number of benzene rings is 3. The van der Waals surface area contributed by atoms with Gasteiger partial charge in [0.2, 0.25) is 0 Å². The molecule has 0 saturated heterocycles. The van der Waals surface area contributed by atoms with Crippen LogP contribution in [0.25, 0.3) is 6.08 Å². The Hall–Kier alpha value is -4.59. The molecular formula is C24H21N3O5. The van der Waals surface area contributed by atoms with Gasteiger partial charge in [-0.1, -0.05) is 30.3 Å². The topological polar surface area (TPSA) is 120 Å². The molecule has 0 unspecified atom stereocenters. The molecule has 0 radical (unpaired) electrons. The van der Waals surface area contributed by atoms with Crippen molar-refractivity contribution in [1.29, 1.82) is 0 Å². The van der Waals surface area contributed by atoms with Crippen LogP contribution in [0.15, 0.2) is 83.6 Å². The van der Waals surface area contributed by atoms with Gasteiger partial charge in [0.05, 0.1) is 13.3 Å². The van der Waals surface area contributed by atoms with Gasteiger partial charge >= 0.3 is 0 Å². The molecule has 3 rings (SSSR count). The van der Waals surface area contributed by atoms with E-state index in [4.69, 9.17) is 4.74 Å². The number of carbonyl (C=O) groups excluding carboxylic acids is 2. The van der Waals surface area contributed by atoms with E-state index in [2.05, 4.69) is 15.8 Å². The highest BCUT2D eigenvalue weighted by Crippen LogP contribution is 2.24. The minimum atomic E-state index is -0.649. The average molecular weight is 431 g/mol. The number of phenols is 2. The molecule has 32 heavy (non-hydrogen) atoms. The zero-order valence-electron chi connectivity index (χ0n) is 17.1. The normalized spacial score (nSPS) is 11.2. The Bertz CT molecular complexity index is 1160. The zero-order valence-corrected chi connectivity index (χ0v) is 17.1. The van der Waals surface area contributed by atoms with E-state index in [9.17, 15) is 19.8 Å². The van der Waals surface area contributed by atoms with Crippen LogP contribution in [0.1, 0.15) is 21.5 Å². The predicted octanol–water partition coefficient (Wildman–Crippen LogP) is 3.03. The van der Waals surface area contributed by atoms with Crippen LogP contribution in [0.5, 0.6) is 17.2 Å². The maximum absolute atomic E-state index is 12.7. The lowest BCUT2D eigenvalue weighted by molar-refractivity contribution is -0.117. The van der Waals surface area contributed by atoms with Crippen LogP contribution in [0, 0.1) is 0 Å². The number of hydrogen-bond acceptors (Lipinski definition) is 6. The number of aromatic hydroxyl groups is 2. The molecule has 162 valence electrons. The van der Waals surface area contributed by atoms with Crippen molar-refractivity contribution in [3.05, 3.63) is 95.2 Å². The lowest BCUT2D eigenvalue weighted by atomic mass is 10.1. The first-order valence-corrected chi connectivity index (χ1v) is 9.54. The van der Waals surface area contributed by atoms with E-state index >= 15 is 0 Å². The third-order valence-corrected chi connectivity index (χ3v) is 4.33. The van der Waals surface area contributed by atoms with Crippen LogP contribution < -0.4 is 15.5 Å². The Balaban J connectivity index is 1.80. The number of methoxy groups -OCH3 is 1. The fourth-order valence-electron chi connectivity index (χ4n) is 2.66. The molecular weight excluding hydrogens is 410 g/mol. The number of ether oxygens (including phenoxy) is 1. The molecule has 0 aliphatic heterocycles. The van der Waals surface area contributed by atoms with Crippen LogP contribution >= 0.6 is 0 Å². The Morgan fingerprint density at radius 3 is 2.25 bits per heavy atom. The molecule has 0 heterocycles. The molecule has 8 heteroatoms.